The molecule has 28 heavy (non-hydrogen) atoms. The molecule has 0 amide bonds. The first-order chi connectivity index (χ1) is 13.8. The molecule has 0 bridgehead atoms. The predicted octanol–water partition coefficient (Wildman–Crippen LogP) is 2.97. The molecule has 0 aliphatic carbocycles. The number of allylic oxidation sites excluding steroid dienone is 1. The Morgan fingerprint density at radius 2 is 1.29 bits per heavy atom. The lowest BCUT2D eigenvalue weighted by atomic mass is 10.1. The van der Waals surface area contributed by atoms with Crippen molar-refractivity contribution in [2.45, 2.75) is 51.4 Å². The molecule has 3 heterocycles. The zero-order valence-electron chi connectivity index (χ0n) is 17.4. The average Bonchev–Trinajstić information content (AvgIpc) is 2.94. The van der Waals surface area contributed by atoms with Crippen LogP contribution in [0.1, 0.15) is 51.4 Å². The minimum absolute atomic E-state index is 0.269. The molecule has 6 nitrogen and oxygen atoms in total. The summed E-state index contributed by atoms with van der Waals surface area (Å²) in [6.45, 7) is 18.3. The SMILES string of the molecule is [C-]#[N+]/C(C#N)=C1/N(CCCN2CCCCCC2)CCN1CCN1CCCCC1. The van der Waals surface area contributed by atoms with Gasteiger partial charge < -0.3 is 19.6 Å². The van der Waals surface area contributed by atoms with E-state index in [0.717, 1.165) is 51.5 Å². The van der Waals surface area contributed by atoms with Crippen LogP contribution >= 0.6 is 0 Å². The van der Waals surface area contributed by atoms with Crippen LogP contribution in [-0.4, -0.2) is 85.0 Å². The van der Waals surface area contributed by atoms with Gasteiger partial charge in [-0.15, -0.1) is 0 Å². The molecule has 0 aromatic heterocycles. The molecular formula is C22H36N6. The van der Waals surface area contributed by atoms with Crippen molar-refractivity contribution < 1.29 is 0 Å². The summed E-state index contributed by atoms with van der Waals surface area (Å²) in [5, 5.41) is 9.51. The second-order valence-electron chi connectivity index (χ2n) is 8.38. The molecule has 3 rings (SSSR count). The van der Waals surface area contributed by atoms with Crippen molar-refractivity contribution in [2.75, 3.05) is 65.4 Å². The van der Waals surface area contributed by atoms with Crippen LogP contribution in [0.2, 0.25) is 0 Å². The van der Waals surface area contributed by atoms with E-state index in [0.29, 0.717) is 0 Å². The van der Waals surface area contributed by atoms with Gasteiger partial charge in [0.25, 0.3) is 0 Å². The van der Waals surface area contributed by atoms with Crippen molar-refractivity contribution in [1.82, 2.24) is 19.6 Å². The van der Waals surface area contributed by atoms with Crippen molar-refractivity contribution in [2.24, 2.45) is 0 Å². The van der Waals surface area contributed by atoms with E-state index in [1.807, 2.05) is 0 Å². The second-order valence-corrected chi connectivity index (χ2v) is 8.38. The molecule has 3 saturated heterocycles. The molecule has 3 aliphatic rings. The first-order valence-electron chi connectivity index (χ1n) is 11.3. The van der Waals surface area contributed by atoms with E-state index in [4.69, 9.17) is 6.57 Å². The standard InChI is InChI=1S/C22H36N6/c1-24-21(20-23)22-27(15-9-14-25-10-5-2-3-6-11-25)18-19-28(22)17-16-26-12-7-4-8-13-26/h2-19H2/b22-21-. The Balaban J connectivity index is 1.53. The Morgan fingerprint density at radius 3 is 1.86 bits per heavy atom. The molecule has 0 saturated carbocycles. The minimum Gasteiger partial charge on any atom is -0.365 e. The summed E-state index contributed by atoms with van der Waals surface area (Å²) in [6, 6.07) is 2.16. The topological polar surface area (TPSA) is 41.1 Å². The lowest BCUT2D eigenvalue weighted by molar-refractivity contribution is 0.201. The van der Waals surface area contributed by atoms with Crippen molar-refractivity contribution in [3.8, 4) is 6.07 Å². The van der Waals surface area contributed by atoms with Crippen molar-refractivity contribution in [3.05, 3.63) is 22.9 Å². The maximum absolute atomic E-state index is 9.51. The quantitative estimate of drug-likeness (QED) is 0.499. The van der Waals surface area contributed by atoms with Crippen LogP contribution in [0.15, 0.2) is 11.5 Å². The van der Waals surface area contributed by atoms with Crippen LogP contribution in [0.4, 0.5) is 0 Å². The molecular weight excluding hydrogens is 348 g/mol. The van der Waals surface area contributed by atoms with Crippen LogP contribution in [0.5, 0.6) is 0 Å². The van der Waals surface area contributed by atoms with E-state index in [1.54, 1.807) is 0 Å². The molecule has 154 valence electrons. The monoisotopic (exact) mass is 384 g/mol. The van der Waals surface area contributed by atoms with Crippen molar-refractivity contribution in [1.29, 1.82) is 5.26 Å². The highest BCUT2D eigenvalue weighted by Crippen LogP contribution is 2.23. The predicted molar refractivity (Wildman–Crippen MR) is 112 cm³/mol. The minimum atomic E-state index is 0.269. The van der Waals surface area contributed by atoms with Crippen molar-refractivity contribution >= 4 is 0 Å². The highest BCUT2D eigenvalue weighted by molar-refractivity contribution is 5.33. The van der Waals surface area contributed by atoms with Crippen LogP contribution in [0, 0.1) is 17.9 Å². The first kappa shape index (κ1) is 21.0. The molecule has 0 aromatic carbocycles. The maximum atomic E-state index is 9.51. The van der Waals surface area contributed by atoms with Gasteiger partial charge >= 0.3 is 5.70 Å². The van der Waals surface area contributed by atoms with Gasteiger partial charge in [0.1, 0.15) is 5.82 Å². The Morgan fingerprint density at radius 1 is 0.750 bits per heavy atom. The molecule has 3 aliphatic heterocycles. The lowest BCUT2D eigenvalue weighted by Crippen LogP contribution is -2.37. The van der Waals surface area contributed by atoms with Gasteiger partial charge in [-0.3, -0.25) is 0 Å². The molecule has 0 radical (unpaired) electrons. The number of rotatable bonds is 7. The average molecular weight is 385 g/mol. The highest BCUT2D eigenvalue weighted by Gasteiger charge is 2.28. The Bertz CT molecular complexity index is 571. The summed E-state index contributed by atoms with van der Waals surface area (Å²) in [6.07, 6.45) is 10.5. The summed E-state index contributed by atoms with van der Waals surface area (Å²) in [5.41, 5.74) is 0.269. The van der Waals surface area contributed by atoms with E-state index in [1.165, 1.54) is 71.1 Å². The third-order valence-corrected chi connectivity index (χ3v) is 6.40. The van der Waals surface area contributed by atoms with Gasteiger partial charge in [0.2, 0.25) is 0 Å². The molecule has 6 heteroatoms. The fraction of sp³-hybridized carbons (Fsp3) is 0.818. The number of nitriles is 1. The molecule has 0 N–H and O–H groups in total. The number of hydrogen-bond donors (Lipinski definition) is 0. The third kappa shape index (κ3) is 5.87. The zero-order chi connectivity index (χ0) is 19.6. The third-order valence-electron chi connectivity index (χ3n) is 6.40. The summed E-state index contributed by atoms with van der Waals surface area (Å²) >= 11 is 0. The molecule has 3 fully saturated rings. The van der Waals surface area contributed by atoms with Gasteiger partial charge in [-0.2, -0.15) is 0 Å². The molecule has 0 spiro atoms. The molecule has 0 aromatic rings. The van der Waals surface area contributed by atoms with Gasteiger partial charge in [-0.25, -0.2) is 10.1 Å². The maximum Gasteiger partial charge on any atom is 0.300 e. The first-order valence-corrected chi connectivity index (χ1v) is 11.3. The van der Waals surface area contributed by atoms with E-state index >= 15 is 0 Å². The van der Waals surface area contributed by atoms with E-state index < -0.39 is 0 Å². The number of hydrogen-bond acceptors (Lipinski definition) is 5. The van der Waals surface area contributed by atoms with Gasteiger partial charge in [-0.1, -0.05) is 19.3 Å². The Labute approximate surface area is 171 Å². The molecule has 0 unspecified atom stereocenters. The smallest absolute Gasteiger partial charge is 0.300 e. The highest BCUT2D eigenvalue weighted by atomic mass is 15.4. The fourth-order valence-electron chi connectivity index (χ4n) is 4.80. The fourth-order valence-corrected chi connectivity index (χ4v) is 4.80. The van der Waals surface area contributed by atoms with Crippen LogP contribution in [-0.2, 0) is 0 Å². The Kier molecular flexibility index (Phi) is 8.45. The lowest BCUT2D eigenvalue weighted by Gasteiger charge is -2.31. The second kappa shape index (κ2) is 11.3. The summed E-state index contributed by atoms with van der Waals surface area (Å²) in [5.74, 6) is 0.894. The Hall–Kier alpha value is -1.76. The zero-order valence-corrected chi connectivity index (χ0v) is 17.4. The summed E-state index contributed by atoms with van der Waals surface area (Å²) in [4.78, 5) is 13.3. The number of nitrogens with zero attached hydrogens (tertiary/aromatic N) is 6. The molecule has 0 atom stereocenters. The van der Waals surface area contributed by atoms with Gasteiger partial charge in [0, 0.05) is 32.7 Å². The van der Waals surface area contributed by atoms with Gasteiger partial charge in [0.05, 0.1) is 12.6 Å². The number of piperidine rings is 1. The van der Waals surface area contributed by atoms with Crippen LogP contribution in [0.25, 0.3) is 4.85 Å². The van der Waals surface area contributed by atoms with E-state index in [2.05, 4.69) is 30.5 Å². The normalized spacial score (nSPS) is 23.9. The largest absolute Gasteiger partial charge is 0.365 e. The summed E-state index contributed by atoms with van der Waals surface area (Å²) in [7, 11) is 0. The van der Waals surface area contributed by atoms with E-state index in [-0.39, 0.29) is 5.70 Å². The van der Waals surface area contributed by atoms with Crippen molar-refractivity contribution in [3.63, 3.8) is 0 Å². The van der Waals surface area contributed by atoms with Gasteiger partial charge in [-0.05, 0) is 64.8 Å². The van der Waals surface area contributed by atoms with E-state index in [9.17, 15) is 5.26 Å². The van der Waals surface area contributed by atoms with Gasteiger partial charge in [0.15, 0.2) is 0 Å². The summed E-state index contributed by atoms with van der Waals surface area (Å²) < 4.78 is 0. The van der Waals surface area contributed by atoms with Crippen LogP contribution in [0.3, 0.4) is 0 Å². The number of likely N-dealkylation sites (tertiary alicyclic amines) is 2. The van der Waals surface area contributed by atoms with Crippen LogP contribution < -0.4 is 0 Å².